The van der Waals surface area contributed by atoms with Crippen molar-refractivity contribution in [2.75, 3.05) is 17.6 Å². The maximum absolute atomic E-state index is 10.6. The average molecular weight is 291 g/mol. The Balaban J connectivity index is 1.53. The summed E-state index contributed by atoms with van der Waals surface area (Å²) < 4.78 is 2.17. The van der Waals surface area contributed by atoms with Crippen LogP contribution in [0.5, 0.6) is 0 Å². The van der Waals surface area contributed by atoms with Crippen LogP contribution in [0, 0.1) is 0 Å². The molecular formula is C12H13N5O2S. The number of carboxylic acid groups (broad SMARTS) is 1. The number of aromatic carboxylic acids is 1. The van der Waals surface area contributed by atoms with Crippen molar-refractivity contribution in [2.24, 2.45) is 0 Å². The number of nitrogens with one attached hydrogen (secondary N) is 1. The Kier molecular flexibility index (Phi) is 3.55. The molecule has 0 aliphatic carbocycles. The van der Waals surface area contributed by atoms with Crippen LogP contribution in [0.2, 0.25) is 0 Å². The lowest BCUT2D eigenvalue weighted by molar-refractivity contribution is 0.0690. The van der Waals surface area contributed by atoms with Crippen LogP contribution >= 0.6 is 11.8 Å². The molecule has 2 N–H and O–H groups in total. The second kappa shape index (κ2) is 5.49. The van der Waals surface area contributed by atoms with E-state index in [1.807, 2.05) is 0 Å². The number of imidazole rings is 1. The van der Waals surface area contributed by atoms with Crippen molar-refractivity contribution in [1.82, 2.24) is 19.5 Å². The van der Waals surface area contributed by atoms with Gasteiger partial charge in [-0.2, -0.15) is 0 Å². The number of aromatic nitrogens is 4. The fourth-order valence-electron chi connectivity index (χ4n) is 1.93. The maximum Gasteiger partial charge on any atom is 0.356 e. The molecule has 2 aromatic heterocycles. The summed E-state index contributed by atoms with van der Waals surface area (Å²) in [5.41, 5.74) is 0.993. The summed E-state index contributed by atoms with van der Waals surface area (Å²) in [5.74, 6) is 0.594. The summed E-state index contributed by atoms with van der Waals surface area (Å²) >= 11 is 1.78. The van der Waals surface area contributed by atoms with E-state index in [9.17, 15) is 4.79 Å². The minimum Gasteiger partial charge on any atom is -0.476 e. The predicted molar refractivity (Wildman–Crippen MR) is 74.1 cm³/mol. The van der Waals surface area contributed by atoms with Gasteiger partial charge in [-0.25, -0.2) is 19.7 Å². The van der Waals surface area contributed by atoms with Gasteiger partial charge in [0, 0.05) is 31.5 Å². The lowest BCUT2D eigenvalue weighted by atomic mass is 10.3. The van der Waals surface area contributed by atoms with Crippen LogP contribution in [-0.4, -0.2) is 42.9 Å². The average Bonchev–Trinajstić information content (AvgIpc) is 3.00. The van der Waals surface area contributed by atoms with E-state index in [1.165, 1.54) is 12.4 Å². The Morgan fingerprint density at radius 1 is 1.45 bits per heavy atom. The van der Waals surface area contributed by atoms with Crippen LogP contribution in [0.25, 0.3) is 0 Å². The lowest BCUT2D eigenvalue weighted by Gasteiger charge is -2.03. The van der Waals surface area contributed by atoms with Gasteiger partial charge >= 0.3 is 5.97 Å². The van der Waals surface area contributed by atoms with Gasteiger partial charge in [0.25, 0.3) is 0 Å². The third-order valence-corrected chi connectivity index (χ3v) is 3.88. The molecule has 0 radical (unpaired) electrons. The van der Waals surface area contributed by atoms with Crippen LogP contribution in [0.1, 0.15) is 16.2 Å². The smallest absolute Gasteiger partial charge is 0.356 e. The quantitative estimate of drug-likeness (QED) is 0.853. The van der Waals surface area contributed by atoms with E-state index in [0.717, 1.165) is 29.6 Å². The number of carbonyl (C=O) groups is 1. The molecule has 1 aliphatic heterocycles. The van der Waals surface area contributed by atoms with Crippen molar-refractivity contribution in [1.29, 1.82) is 0 Å². The first kappa shape index (κ1) is 12.9. The minimum absolute atomic E-state index is 0.0573. The molecule has 7 nitrogen and oxygen atoms in total. The zero-order valence-electron chi connectivity index (χ0n) is 10.6. The number of anilines is 1. The standard InChI is InChI=1S/C12H13N5O2S/c18-11(19)9-5-15-10(6-14-9)13-2-1-8-7-17-3-4-20-12(17)16-8/h5-7H,1-4H2,(H,13,15)(H,18,19). The Bertz CT molecular complexity index is 604. The van der Waals surface area contributed by atoms with Gasteiger partial charge in [-0.15, -0.1) is 0 Å². The van der Waals surface area contributed by atoms with Gasteiger partial charge in [0.05, 0.1) is 18.1 Å². The van der Waals surface area contributed by atoms with E-state index in [-0.39, 0.29) is 5.69 Å². The highest BCUT2D eigenvalue weighted by atomic mass is 32.2. The maximum atomic E-state index is 10.6. The monoisotopic (exact) mass is 291 g/mol. The topological polar surface area (TPSA) is 92.9 Å². The Morgan fingerprint density at radius 2 is 2.35 bits per heavy atom. The molecule has 0 bridgehead atoms. The van der Waals surface area contributed by atoms with Crippen LogP contribution < -0.4 is 5.32 Å². The van der Waals surface area contributed by atoms with Gasteiger partial charge in [0.1, 0.15) is 5.82 Å². The molecule has 104 valence electrons. The second-order valence-corrected chi connectivity index (χ2v) is 5.39. The molecule has 0 unspecified atom stereocenters. The molecule has 0 aromatic carbocycles. The van der Waals surface area contributed by atoms with Gasteiger partial charge in [-0.1, -0.05) is 11.8 Å². The van der Waals surface area contributed by atoms with Crippen LogP contribution in [0.15, 0.2) is 23.7 Å². The highest BCUT2D eigenvalue weighted by Gasteiger charge is 2.13. The van der Waals surface area contributed by atoms with E-state index < -0.39 is 5.97 Å². The van der Waals surface area contributed by atoms with Crippen molar-refractivity contribution in [3.8, 4) is 0 Å². The minimum atomic E-state index is -1.07. The second-order valence-electron chi connectivity index (χ2n) is 4.33. The number of aryl methyl sites for hydroxylation is 1. The summed E-state index contributed by atoms with van der Waals surface area (Å²) in [5, 5.41) is 12.9. The van der Waals surface area contributed by atoms with Crippen molar-refractivity contribution in [2.45, 2.75) is 18.1 Å². The number of fused-ring (bicyclic) bond motifs is 1. The highest BCUT2D eigenvalue weighted by Crippen LogP contribution is 2.24. The first-order valence-electron chi connectivity index (χ1n) is 6.20. The van der Waals surface area contributed by atoms with E-state index >= 15 is 0 Å². The summed E-state index contributed by atoms with van der Waals surface area (Å²) in [4.78, 5) is 23.0. The molecule has 0 saturated carbocycles. The van der Waals surface area contributed by atoms with E-state index in [1.54, 1.807) is 11.8 Å². The number of thioether (sulfide) groups is 1. The fraction of sp³-hybridized carbons (Fsp3) is 0.333. The number of hydrogen-bond acceptors (Lipinski definition) is 6. The molecule has 0 amide bonds. The summed E-state index contributed by atoms with van der Waals surface area (Å²) in [6, 6.07) is 0. The largest absolute Gasteiger partial charge is 0.476 e. The third-order valence-electron chi connectivity index (χ3n) is 2.91. The lowest BCUT2D eigenvalue weighted by Crippen LogP contribution is -2.08. The Hall–Kier alpha value is -2.09. The molecule has 2 aromatic rings. The van der Waals surface area contributed by atoms with Crippen LogP contribution in [0.3, 0.4) is 0 Å². The summed E-state index contributed by atoms with van der Waals surface area (Å²) in [7, 11) is 0. The summed E-state index contributed by atoms with van der Waals surface area (Å²) in [6.07, 6.45) is 5.54. The Morgan fingerprint density at radius 3 is 3.05 bits per heavy atom. The molecule has 0 saturated heterocycles. The SMILES string of the molecule is O=C(O)c1cnc(NCCc2cn3c(n2)SCC3)cn1. The van der Waals surface area contributed by atoms with Crippen LogP contribution in [0.4, 0.5) is 5.82 Å². The molecule has 20 heavy (non-hydrogen) atoms. The third kappa shape index (κ3) is 2.74. The molecule has 0 spiro atoms. The predicted octanol–water partition coefficient (Wildman–Crippen LogP) is 1.13. The molecular weight excluding hydrogens is 278 g/mol. The fourth-order valence-corrected chi connectivity index (χ4v) is 2.89. The van der Waals surface area contributed by atoms with Gasteiger partial charge in [-0.3, -0.25) is 0 Å². The summed E-state index contributed by atoms with van der Waals surface area (Å²) in [6.45, 7) is 1.71. The Labute approximate surface area is 119 Å². The molecule has 0 fully saturated rings. The first-order valence-corrected chi connectivity index (χ1v) is 7.19. The van der Waals surface area contributed by atoms with E-state index in [2.05, 4.69) is 31.0 Å². The first-order chi connectivity index (χ1) is 9.72. The normalized spacial score (nSPS) is 13.2. The van der Waals surface area contributed by atoms with E-state index in [0.29, 0.717) is 12.4 Å². The molecule has 3 rings (SSSR count). The number of carboxylic acids is 1. The zero-order chi connectivity index (χ0) is 13.9. The zero-order valence-corrected chi connectivity index (χ0v) is 11.4. The van der Waals surface area contributed by atoms with Gasteiger partial charge in [-0.05, 0) is 0 Å². The molecule has 1 aliphatic rings. The van der Waals surface area contributed by atoms with Crippen molar-refractivity contribution in [3.05, 3.63) is 30.0 Å². The molecule has 8 heteroatoms. The molecule has 3 heterocycles. The number of nitrogens with zero attached hydrogens (tertiary/aromatic N) is 4. The van der Waals surface area contributed by atoms with Gasteiger partial charge in [0.15, 0.2) is 10.9 Å². The van der Waals surface area contributed by atoms with Crippen molar-refractivity contribution in [3.63, 3.8) is 0 Å². The highest BCUT2D eigenvalue weighted by molar-refractivity contribution is 7.99. The van der Waals surface area contributed by atoms with Gasteiger partial charge in [0.2, 0.25) is 0 Å². The van der Waals surface area contributed by atoms with Crippen LogP contribution in [-0.2, 0) is 13.0 Å². The van der Waals surface area contributed by atoms with Crippen molar-refractivity contribution >= 4 is 23.5 Å². The van der Waals surface area contributed by atoms with Gasteiger partial charge < -0.3 is 15.0 Å². The molecule has 0 atom stereocenters. The number of rotatable bonds is 5. The van der Waals surface area contributed by atoms with E-state index in [4.69, 9.17) is 5.11 Å². The van der Waals surface area contributed by atoms with Crippen molar-refractivity contribution < 1.29 is 9.90 Å². The number of hydrogen-bond donors (Lipinski definition) is 2.